The lowest BCUT2D eigenvalue weighted by Gasteiger charge is -2.38. The van der Waals surface area contributed by atoms with E-state index in [1.54, 1.807) is 0 Å². The normalized spacial score (nSPS) is 24.1. The number of benzene rings is 1. The van der Waals surface area contributed by atoms with Gasteiger partial charge < -0.3 is 10.1 Å². The average Bonchev–Trinajstić information content (AvgIpc) is 2.23. The van der Waals surface area contributed by atoms with E-state index in [9.17, 15) is 4.79 Å². The van der Waals surface area contributed by atoms with E-state index < -0.39 is 0 Å². The second kappa shape index (κ2) is 3.57. The summed E-state index contributed by atoms with van der Waals surface area (Å²) in [4.78, 5) is 11.2. The van der Waals surface area contributed by atoms with Gasteiger partial charge in [0.05, 0.1) is 6.04 Å². The van der Waals surface area contributed by atoms with Gasteiger partial charge in [-0.2, -0.15) is 0 Å². The molecule has 1 amide bonds. The van der Waals surface area contributed by atoms with Crippen molar-refractivity contribution in [2.75, 3.05) is 6.61 Å². The van der Waals surface area contributed by atoms with Gasteiger partial charge in [-0.05, 0) is 5.56 Å². The third-order valence-corrected chi connectivity index (χ3v) is 2.75. The number of hydrogen-bond donors (Lipinski definition) is 1. The lowest BCUT2D eigenvalue weighted by atomic mass is 9.80. The quantitative estimate of drug-likeness (QED) is 0.765. The molecule has 0 spiro atoms. The highest BCUT2D eigenvalue weighted by atomic mass is 16.6. The van der Waals surface area contributed by atoms with Crippen LogP contribution in [0.4, 0.5) is 4.79 Å². The molecule has 15 heavy (non-hydrogen) atoms. The molecule has 0 bridgehead atoms. The van der Waals surface area contributed by atoms with Crippen LogP contribution in [0.3, 0.4) is 0 Å². The maximum atomic E-state index is 11.2. The Hall–Kier alpha value is -1.51. The van der Waals surface area contributed by atoms with Crippen LogP contribution in [0.5, 0.6) is 0 Å². The molecule has 0 saturated carbocycles. The Bertz CT molecular complexity index is 359. The molecule has 80 valence electrons. The van der Waals surface area contributed by atoms with Crippen LogP contribution in [-0.2, 0) is 4.74 Å². The topological polar surface area (TPSA) is 38.3 Å². The van der Waals surface area contributed by atoms with Crippen LogP contribution >= 0.6 is 0 Å². The fourth-order valence-corrected chi connectivity index (χ4v) is 1.87. The lowest BCUT2D eigenvalue weighted by molar-refractivity contribution is 0.0387. The number of cyclic esters (lactones) is 1. The molecule has 1 N–H and O–H groups in total. The number of amides is 1. The second-order valence-electron chi connectivity index (χ2n) is 4.55. The van der Waals surface area contributed by atoms with Gasteiger partial charge in [-0.3, -0.25) is 0 Å². The van der Waals surface area contributed by atoms with Crippen LogP contribution in [0.2, 0.25) is 0 Å². The summed E-state index contributed by atoms with van der Waals surface area (Å²) in [6.45, 7) is 4.63. The molecule has 1 aromatic carbocycles. The van der Waals surface area contributed by atoms with Crippen LogP contribution in [0, 0.1) is 5.41 Å². The maximum absolute atomic E-state index is 11.2. The van der Waals surface area contributed by atoms with E-state index in [-0.39, 0.29) is 17.6 Å². The molecule has 0 aliphatic carbocycles. The molecule has 1 atom stereocenters. The highest BCUT2D eigenvalue weighted by molar-refractivity contribution is 5.69. The number of carbonyl (C=O) groups excluding carboxylic acids is 1. The Balaban J connectivity index is 2.29. The fraction of sp³-hybridized carbons (Fsp3) is 0.417. The van der Waals surface area contributed by atoms with Gasteiger partial charge in [-0.15, -0.1) is 0 Å². The minimum atomic E-state index is -0.330. The largest absolute Gasteiger partial charge is 0.449 e. The van der Waals surface area contributed by atoms with Crippen LogP contribution in [-0.4, -0.2) is 12.7 Å². The molecule has 1 heterocycles. The van der Waals surface area contributed by atoms with Gasteiger partial charge in [0, 0.05) is 5.41 Å². The molecule has 1 saturated heterocycles. The first-order chi connectivity index (χ1) is 7.09. The third kappa shape index (κ3) is 1.96. The van der Waals surface area contributed by atoms with Gasteiger partial charge in [0.1, 0.15) is 6.61 Å². The van der Waals surface area contributed by atoms with Gasteiger partial charge in [0.2, 0.25) is 0 Å². The highest BCUT2D eigenvalue weighted by Crippen LogP contribution is 2.35. The van der Waals surface area contributed by atoms with E-state index in [4.69, 9.17) is 4.74 Å². The van der Waals surface area contributed by atoms with Crippen LogP contribution in [0.1, 0.15) is 25.5 Å². The molecule has 1 aliphatic rings. The van der Waals surface area contributed by atoms with Gasteiger partial charge in [0.15, 0.2) is 0 Å². The van der Waals surface area contributed by atoms with Crippen molar-refractivity contribution in [1.29, 1.82) is 0 Å². The lowest BCUT2D eigenvalue weighted by Crippen LogP contribution is -2.46. The molecule has 0 radical (unpaired) electrons. The summed E-state index contributed by atoms with van der Waals surface area (Å²) in [7, 11) is 0. The van der Waals surface area contributed by atoms with Crippen molar-refractivity contribution < 1.29 is 9.53 Å². The number of hydrogen-bond acceptors (Lipinski definition) is 2. The summed E-state index contributed by atoms with van der Waals surface area (Å²) >= 11 is 0. The molecule has 2 rings (SSSR count). The van der Waals surface area contributed by atoms with E-state index in [0.29, 0.717) is 6.61 Å². The fourth-order valence-electron chi connectivity index (χ4n) is 1.87. The minimum absolute atomic E-state index is 0.0277. The molecule has 0 unspecified atom stereocenters. The average molecular weight is 205 g/mol. The first kappa shape index (κ1) is 10.0. The van der Waals surface area contributed by atoms with E-state index in [2.05, 4.69) is 19.2 Å². The van der Waals surface area contributed by atoms with Crippen LogP contribution in [0.15, 0.2) is 30.3 Å². The Labute approximate surface area is 89.4 Å². The van der Waals surface area contributed by atoms with Crippen molar-refractivity contribution in [3.63, 3.8) is 0 Å². The summed E-state index contributed by atoms with van der Waals surface area (Å²) in [6, 6.07) is 10.0. The number of nitrogens with one attached hydrogen (secondary N) is 1. The first-order valence-electron chi connectivity index (χ1n) is 5.08. The summed E-state index contributed by atoms with van der Waals surface area (Å²) < 4.78 is 4.99. The summed E-state index contributed by atoms with van der Waals surface area (Å²) in [5, 5.41) is 2.86. The van der Waals surface area contributed by atoms with Crippen molar-refractivity contribution in [3.05, 3.63) is 35.9 Å². The number of rotatable bonds is 1. The molecule has 3 heteroatoms. The van der Waals surface area contributed by atoms with Crippen molar-refractivity contribution in [2.24, 2.45) is 5.41 Å². The third-order valence-electron chi connectivity index (χ3n) is 2.75. The second-order valence-corrected chi connectivity index (χ2v) is 4.55. The Morgan fingerprint density at radius 3 is 2.67 bits per heavy atom. The molecule has 0 aromatic heterocycles. The van der Waals surface area contributed by atoms with Crippen molar-refractivity contribution in [1.82, 2.24) is 5.32 Å². The Morgan fingerprint density at radius 1 is 1.33 bits per heavy atom. The van der Waals surface area contributed by atoms with Gasteiger partial charge in [-0.25, -0.2) is 4.79 Å². The highest BCUT2D eigenvalue weighted by Gasteiger charge is 2.37. The monoisotopic (exact) mass is 205 g/mol. The summed E-state index contributed by atoms with van der Waals surface area (Å²) in [5.41, 5.74) is 1.05. The zero-order chi connectivity index (χ0) is 10.9. The maximum Gasteiger partial charge on any atom is 0.407 e. The molecule has 3 nitrogen and oxygen atoms in total. The molecule has 1 fully saturated rings. The molecule has 1 aromatic rings. The van der Waals surface area contributed by atoms with E-state index in [0.717, 1.165) is 5.56 Å². The van der Waals surface area contributed by atoms with E-state index in [1.165, 1.54) is 0 Å². The van der Waals surface area contributed by atoms with Gasteiger partial charge >= 0.3 is 6.09 Å². The number of alkyl carbamates (subject to hydrolysis) is 1. The zero-order valence-electron chi connectivity index (χ0n) is 8.99. The molecular weight excluding hydrogens is 190 g/mol. The van der Waals surface area contributed by atoms with Crippen molar-refractivity contribution in [3.8, 4) is 0 Å². The predicted octanol–water partition coefficient (Wildman–Crippen LogP) is 2.49. The Morgan fingerprint density at radius 2 is 2.00 bits per heavy atom. The molecular formula is C12H15NO2. The van der Waals surface area contributed by atoms with Crippen LogP contribution < -0.4 is 5.32 Å². The zero-order valence-corrected chi connectivity index (χ0v) is 8.99. The van der Waals surface area contributed by atoms with E-state index in [1.807, 2.05) is 30.3 Å². The number of carbonyl (C=O) groups is 1. The summed E-state index contributed by atoms with van der Waals surface area (Å²) in [5.74, 6) is 0. The number of ether oxygens (including phenoxy) is 1. The van der Waals surface area contributed by atoms with Gasteiger partial charge in [-0.1, -0.05) is 44.2 Å². The van der Waals surface area contributed by atoms with Crippen molar-refractivity contribution in [2.45, 2.75) is 19.9 Å². The van der Waals surface area contributed by atoms with Gasteiger partial charge in [0.25, 0.3) is 0 Å². The van der Waals surface area contributed by atoms with Crippen LogP contribution in [0.25, 0.3) is 0 Å². The first-order valence-corrected chi connectivity index (χ1v) is 5.08. The van der Waals surface area contributed by atoms with E-state index >= 15 is 0 Å². The smallest absolute Gasteiger partial charge is 0.407 e. The standard InChI is InChI=1S/C12H15NO2/c1-12(2)8-15-11(14)13-10(12)9-6-4-3-5-7-9/h3-7,10H,8H2,1-2H3,(H,13,14)/t10-/m0/s1. The Kier molecular flexibility index (Phi) is 2.39. The predicted molar refractivity (Wildman–Crippen MR) is 57.4 cm³/mol. The van der Waals surface area contributed by atoms with Crippen molar-refractivity contribution >= 4 is 6.09 Å². The summed E-state index contributed by atoms with van der Waals surface area (Å²) in [6.07, 6.45) is -0.330. The SMILES string of the molecule is CC1(C)COC(=O)N[C@H]1c1ccccc1. The minimum Gasteiger partial charge on any atom is -0.449 e. The molecule has 1 aliphatic heterocycles.